The number of thiocarbonyl (C=S) groups is 1. The molecular weight excluding hydrogens is 392 g/mol. The Morgan fingerprint density at radius 1 is 1.17 bits per heavy atom. The average Bonchev–Trinajstić information content (AvgIpc) is 3.53. The number of aromatic nitrogens is 2. The fraction of sp³-hybridized carbons (Fsp3) is 0.583. The van der Waals surface area contributed by atoms with Crippen LogP contribution in [-0.2, 0) is 4.74 Å². The Morgan fingerprint density at radius 2 is 2.00 bits per heavy atom. The molecule has 6 heteroatoms. The van der Waals surface area contributed by atoms with Crippen LogP contribution in [-0.4, -0.2) is 38.8 Å². The zero-order chi connectivity index (χ0) is 20.7. The number of rotatable bonds is 5. The summed E-state index contributed by atoms with van der Waals surface area (Å²) in [6.07, 6.45) is 9.65. The fourth-order valence-corrected chi connectivity index (χ4v) is 6.09. The fourth-order valence-electron chi connectivity index (χ4n) is 5.77. The van der Waals surface area contributed by atoms with Crippen LogP contribution in [0.4, 0.5) is 0 Å². The van der Waals surface area contributed by atoms with Crippen molar-refractivity contribution in [2.24, 2.45) is 0 Å². The van der Waals surface area contributed by atoms with Gasteiger partial charge in [0.25, 0.3) is 0 Å². The van der Waals surface area contributed by atoms with E-state index in [2.05, 4.69) is 51.8 Å². The highest BCUT2D eigenvalue weighted by Gasteiger charge is 2.42. The highest BCUT2D eigenvalue weighted by Crippen LogP contribution is 2.43. The van der Waals surface area contributed by atoms with Crippen molar-refractivity contribution in [3.63, 3.8) is 0 Å². The summed E-state index contributed by atoms with van der Waals surface area (Å²) in [5.41, 5.74) is 5.17. The third kappa shape index (κ3) is 3.54. The van der Waals surface area contributed by atoms with Crippen LogP contribution in [0.5, 0.6) is 0 Å². The van der Waals surface area contributed by atoms with Crippen LogP contribution in [0.15, 0.2) is 30.5 Å². The molecular formula is C24H32N4OS. The molecule has 0 bridgehead atoms. The SMILES string of the molecule is Cc1cc([C@@H]2[C@@H](c3ccccn3)NC(=S)N2C[C@@H]2CCCO2)c(C)n1C1CCCC1. The summed E-state index contributed by atoms with van der Waals surface area (Å²) in [7, 11) is 0. The van der Waals surface area contributed by atoms with Crippen LogP contribution in [0.2, 0.25) is 0 Å². The first-order chi connectivity index (χ1) is 14.6. The van der Waals surface area contributed by atoms with Gasteiger partial charge in [0.1, 0.15) is 0 Å². The standard InChI is InChI=1S/C24H32N4OS/c1-16-14-20(17(2)28(16)18-8-3-4-9-18)23-22(21-11-5-6-12-25-21)26-24(30)27(23)15-19-10-7-13-29-19/h5-6,11-12,14,18-19,22-23H,3-4,7-10,13,15H2,1-2H3,(H,26,30)/t19-,22+,23+/m0/s1. The van der Waals surface area contributed by atoms with Crippen LogP contribution >= 0.6 is 12.2 Å². The van der Waals surface area contributed by atoms with Gasteiger partial charge < -0.3 is 19.5 Å². The molecule has 3 aliphatic rings. The van der Waals surface area contributed by atoms with Gasteiger partial charge in [-0.15, -0.1) is 0 Å². The first-order valence-electron chi connectivity index (χ1n) is 11.4. The van der Waals surface area contributed by atoms with Gasteiger partial charge in [-0.25, -0.2) is 0 Å². The predicted octanol–water partition coefficient (Wildman–Crippen LogP) is 4.77. The van der Waals surface area contributed by atoms with Crippen molar-refractivity contribution >= 4 is 17.3 Å². The first-order valence-corrected chi connectivity index (χ1v) is 11.8. The van der Waals surface area contributed by atoms with E-state index in [0.29, 0.717) is 6.04 Å². The first kappa shape index (κ1) is 20.0. The molecule has 4 heterocycles. The Bertz CT molecular complexity index is 899. The molecule has 1 N–H and O–H groups in total. The lowest BCUT2D eigenvalue weighted by atomic mass is 9.96. The van der Waals surface area contributed by atoms with E-state index in [1.807, 2.05) is 12.3 Å². The molecule has 0 radical (unpaired) electrons. The quantitative estimate of drug-likeness (QED) is 0.701. The van der Waals surface area contributed by atoms with Crippen molar-refractivity contribution in [1.82, 2.24) is 19.8 Å². The maximum absolute atomic E-state index is 5.98. The summed E-state index contributed by atoms with van der Waals surface area (Å²) in [5.74, 6) is 0. The highest BCUT2D eigenvalue weighted by atomic mass is 32.1. The molecule has 2 aromatic heterocycles. The van der Waals surface area contributed by atoms with E-state index < -0.39 is 0 Å². The van der Waals surface area contributed by atoms with Crippen LogP contribution < -0.4 is 5.32 Å². The lowest BCUT2D eigenvalue weighted by molar-refractivity contribution is 0.0841. The van der Waals surface area contributed by atoms with Gasteiger partial charge in [-0.3, -0.25) is 4.98 Å². The molecule has 2 saturated heterocycles. The van der Waals surface area contributed by atoms with Crippen LogP contribution in [0.25, 0.3) is 0 Å². The number of aryl methyl sites for hydroxylation is 1. The van der Waals surface area contributed by atoms with Gasteiger partial charge in [0.05, 0.1) is 23.9 Å². The Labute approximate surface area is 184 Å². The monoisotopic (exact) mass is 424 g/mol. The van der Waals surface area contributed by atoms with Crippen molar-refractivity contribution in [2.45, 2.75) is 76.6 Å². The molecule has 30 heavy (non-hydrogen) atoms. The maximum Gasteiger partial charge on any atom is 0.170 e. The van der Waals surface area contributed by atoms with E-state index in [-0.39, 0.29) is 18.2 Å². The molecule has 160 valence electrons. The Hall–Kier alpha value is -1.92. The van der Waals surface area contributed by atoms with Crippen molar-refractivity contribution in [2.75, 3.05) is 13.2 Å². The van der Waals surface area contributed by atoms with Gasteiger partial charge in [0.2, 0.25) is 0 Å². The molecule has 5 nitrogen and oxygen atoms in total. The minimum Gasteiger partial charge on any atom is -0.376 e. The van der Waals surface area contributed by atoms with Gasteiger partial charge in [0, 0.05) is 36.8 Å². The van der Waals surface area contributed by atoms with E-state index in [1.165, 1.54) is 42.6 Å². The zero-order valence-corrected chi connectivity index (χ0v) is 18.8. The number of nitrogens with zero attached hydrogens (tertiary/aromatic N) is 3. The molecule has 0 spiro atoms. The Morgan fingerprint density at radius 3 is 2.70 bits per heavy atom. The third-order valence-electron chi connectivity index (χ3n) is 7.15. The number of pyridine rings is 1. The molecule has 2 aromatic rings. The zero-order valence-electron chi connectivity index (χ0n) is 18.0. The van der Waals surface area contributed by atoms with Crippen LogP contribution in [0, 0.1) is 13.8 Å². The Kier molecular flexibility index (Phi) is 5.54. The molecule has 3 fully saturated rings. The van der Waals surface area contributed by atoms with Crippen LogP contribution in [0.1, 0.15) is 79.3 Å². The van der Waals surface area contributed by atoms with E-state index in [9.17, 15) is 0 Å². The van der Waals surface area contributed by atoms with Gasteiger partial charge in [-0.05, 0) is 75.5 Å². The lowest BCUT2D eigenvalue weighted by Gasteiger charge is -2.30. The summed E-state index contributed by atoms with van der Waals surface area (Å²) in [5, 5.41) is 4.41. The second-order valence-corrected chi connectivity index (χ2v) is 9.44. The van der Waals surface area contributed by atoms with Gasteiger partial charge in [-0.1, -0.05) is 18.9 Å². The third-order valence-corrected chi connectivity index (χ3v) is 7.51. The highest BCUT2D eigenvalue weighted by molar-refractivity contribution is 7.80. The molecule has 2 aliphatic heterocycles. The molecule has 1 saturated carbocycles. The van der Waals surface area contributed by atoms with Gasteiger partial charge in [0.15, 0.2) is 5.11 Å². The summed E-state index contributed by atoms with van der Waals surface area (Å²) < 4.78 is 8.57. The summed E-state index contributed by atoms with van der Waals surface area (Å²) in [6, 6.07) is 9.37. The summed E-state index contributed by atoms with van der Waals surface area (Å²) in [4.78, 5) is 7.05. The van der Waals surface area contributed by atoms with E-state index in [4.69, 9.17) is 17.0 Å². The van der Waals surface area contributed by atoms with Crippen molar-refractivity contribution in [3.05, 3.63) is 53.1 Å². The molecule has 1 aliphatic carbocycles. The van der Waals surface area contributed by atoms with Crippen molar-refractivity contribution < 1.29 is 4.74 Å². The molecule has 5 rings (SSSR count). The largest absolute Gasteiger partial charge is 0.376 e. The van der Waals surface area contributed by atoms with Crippen molar-refractivity contribution in [1.29, 1.82) is 0 Å². The number of ether oxygens (including phenoxy) is 1. The minimum atomic E-state index is 0.0534. The second-order valence-electron chi connectivity index (χ2n) is 9.05. The number of nitrogens with one attached hydrogen (secondary N) is 1. The van der Waals surface area contributed by atoms with Gasteiger partial charge >= 0.3 is 0 Å². The average molecular weight is 425 g/mol. The molecule has 0 unspecified atom stereocenters. The van der Waals surface area contributed by atoms with Crippen molar-refractivity contribution in [3.8, 4) is 0 Å². The maximum atomic E-state index is 5.98. The normalized spacial score (nSPS) is 27.2. The topological polar surface area (TPSA) is 42.3 Å². The van der Waals surface area contributed by atoms with Crippen LogP contribution in [0.3, 0.4) is 0 Å². The van der Waals surface area contributed by atoms with Gasteiger partial charge in [-0.2, -0.15) is 0 Å². The summed E-state index contributed by atoms with van der Waals surface area (Å²) in [6.45, 7) is 6.26. The molecule has 0 amide bonds. The minimum absolute atomic E-state index is 0.0534. The Balaban J connectivity index is 1.55. The molecule has 3 atom stereocenters. The van der Waals surface area contributed by atoms with E-state index >= 15 is 0 Å². The lowest BCUT2D eigenvalue weighted by Crippen LogP contribution is -2.36. The predicted molar refractivity (Wildman–Crippen MR) is 123 cm³/mol. The van der Waals surface area contributed by atoms with E-state index in [0.717, 1.165) is 36.8 Å². The smallest absolute Gasteiger partial charge is 0.170 e. The number of hydrogen-bond acceptors (Lipinski definition) is 3. The molecule has 0 aromatic carbocycles. The second kappa shape index (κ2) is 8.31. The summed E-state index contributed by atoms with van der Waals surface area (Å²) >= 11 is 5.84. The van der Waals surface area contributed by atoms with E-state index in [1.54, 1.807) is 0 Å². The number of hydrogen-bond donors (Lipinski definition) is 1.